The van der Waals surface area contributed by atoms with Crippen LogP contribution in [0.5, 0.6) is 5.75 Å². The van der Waals surface area contributed by atoms with E-state index in [-0.39, 0.29) is 11.4 Å². The highest BCUT2D eigenvalue weighted by Gasteiger charge is 2.15. The smallest absolute Gasteiger partial charge is 0.191 e. The molecule has 6 heteroatoms. The lowest BCUT2D eigenvalue weighted by Gasteiger charge is -2.21. The van der Waals surface area contributed by atoms with E-state index in [1.54, 1.807) is 19.2 Å². The van der Waals surface area contributed by atoms with E-state index < -0.39 is 0 Å². The molecule has 0 spiro atoms. The third kappa shape index (κ3) is 8.40. The quantitative estimate of drug-likeness (QED) is 0.416. The molecule has 0 aliphatic rings. The number of benzene rings is 1. The monoisotopic (exact) mass is 325 g/mol. The molecule has 0 heterocycles. The SMILES string of the molecule is CCNC(=NCC(C)(C)OC)NCCCOc1ccc(F)cc1. The standard InChI is InChI=1S/C17H28FN3O2/c1-5-19-16(21-13-17(2,3)22-4)20-11-6-12-23-15-9-7-14(18)8-10-15/h7-10H,5-6,11-13H2,1-4H3,(H2,19,20,21). The average Bonchev–Trinajstić information content (AvgIpc) is 2.54. The molecule has 0 fully saturated rings. The van der Waals surface area contributed by atoms with Crippen LogP contribution in [0.3, 0.4) is 0 Å². The highest BCUT2D eigenvalue weighted by atomic mass is 19.1. The fourth-order valence-electron chi connectivity index (χ4n) is 1.68. The van der Waals surface area contributed by atoms with Gasteiger partial charge in [-0.1, -0.05) is 0 Å². The normalized spacial score (nSPS) is 12.1. The first kappa shape index (κ1) is 19.2. The molecule has 0 aliphatic carbocycles. The molecule has 1 rings (SSSR count). The summed E-state index contributed by atoms with van der Waals surface area (Å²) in [5.41, 5.74) is -0.284. The van der Waals surface area contributed by atoms with Crippen molar-refractivity contribution in [3.63, 3.8) is 0 Å². The molecule has 130 valence electrons. The van der Waals surface area contributed by atoms with E-state index >= 15 is 0 Å². The Morgan fingerprint density at radius 2 is 1.91 bits per heavy atom. The van der Waals surface area contributed by atoms with Crippen LogP contribution in [-0.4, -0.2) is 44.9 Å². The minimum Gasteiger partial charge on any atom is -0.494 e. The maximum absolute atomic E-state index is 12.8. The Morgan fingerprint density at radius 1 is 1.22 bits per heavy atom. The second-order valence-corrected chi connectivity index (χ2v) is 5.74. The Kier molecular flexibility index (Phi) is 8.40. The zero-order chi connectivity index (χ0) is 17.1. The maximum Gasteiger partial charge on any atom is 0.191 e. The molecule has 1 aromatic rings. The first-order valence-electron chi connectivity index (χ1n) is 7.92. The van der Waals surface area contributed by atoms with Crippen LogP contribution in [0.1, 0.15) is 27.2 Å². The molecule has 0 atom stereocenters. The van der Waals surface area contributed by atoms with E-state index in [1.165, 1.54) is 12.1 Å². The number of hydrogen-bond donors (Lipinski definition) is 2. The molecule has 2 N–H and O–H groups in total. The zero-order valence-corrected chi connectivity index (χ0v) is 14.5. The van der Waals surface area contributed by atoms with Gasteiger partial charge < -0.3 is 20.1 Å². The van der Waals surface area contributed by atoms with Gasteiger partial charge in [-0.2, -0.15) is 0 Å². The van der Waals surface area contributed by atoms with Crippen LogP contribution in [0, 0.1) is 5.82 Å². The van der Waals surface area contributed by atoms with Crippen LogP contribution in [0.4, 0.5) is 4.39 Å². The van der Waals surface area contributed by atoms with E-state index in [1.807, 2.05) is 20.8 Å². The Bertz CT molecular complexity index is 475. The van der Waals surface area contributed by atoms with Gasteiger partial charge in [0, 0.05) is 20.2 Å². The first-order chi connectivity index (χ1) is 11.0. The summed E-state index contributed by atoms with van der Waals surface area (Å²) < 4.78 is 23.7. The van der Waals surface area contributed by atoms with E-state index in [0.29, 0.717) is 18.9 Å². The summed E-state index contributed by atoms with van der Waals surface area (Å²) in [6.07, 6.45) is 0.815. The van der Waals surface area contributed by atoms with Crippen LogP contribution >= 0.6 is 0 Å². The average molecular weight is 325 g/mol. The number of aliphatic imine (C=N–C) groups is 1. The number of guanidine groups is 1. The van der Waals surface area contributed by atoms with Gasteiger partial charge >= 0.3 is 0 Å². The molecular formula is C17H28FN3O2. The number of nitrogens with one attached hydrogen (secondary N) is 2. The van der Waals surface area contributed by atoms with Crippen molar-refractivity contribution in [2.45, 2.75) is 32.8 Å². The summed E-state index contributed by atoms with van der Waals surface area (Å²) in [6, 6.07) is 6.03. The van der Waals surface area contributed by atoms with Crippen molar-refractivity contribution in [3.05, 3.63) is 30.1 Å². The third-order valence-electron chi connectivity index (χ3n) is 3.21. The van der Waals surface area contributed by atoms with Crippen molar-refractivity contribution in [1.29, 1.82) is 0 Å². The number of ether oxygens (including phenoxy) is 2. The van der Waals surface area contributed by atoms with Gasteiger partial charge in [-0.15, -0.1) is 0 Å². The molecule has 0 aromatic heterocycles. The van der Waals surface area contributed by atoms with Crippen molar-refractivity contribution in [2.24, 2.45) is 4.99 Å². The predicted octanol–water partition coefficient (Wildman–Crippen LogP) is 2.57. The fraction of sp³-hybridized carbons (Fsp3) is 0.588. The van der Waals surface area contributed by atoms with E-state index in [4.69, 9.17) is 9.47 Å². The van der Waals surface area contributed by atoms with Crippen molar-refractivity contribution >= 4 is 5.96 Å². The molecule has 23 heavy (non-hydrogen) atoms. The van der Waals surface area contributed by atoms with Gasteiger partial charge in [-0.05, 0) is 51.5 Å². The third-order valence-corrected chi connectivity index (χ3v) is 3.21. The van der Waals surface area contributed by atoms with Crippen molar-refractivity contribution < 1.29 is 13.9 Å². The first-order valence-corrected chi connectivity index (χ1v) is 7.92. The molecule has 0 saturated carbocycles. The summed E-state index contributed by atoms with van der Waals surface area (Å²) in [7, 11) is 1.68. The van der Waals surface area contributed by atoms with Crippen LogP contribution in [-0.2, 0) is 4.74 Å². The van der Waals surface area contributed by atoms with Gasteiger partial charge in [0.15, 0.2) is 5.96 Å². The van der Waals surface area contributed by atoms with E-state index in [0.717, 1.165) is 25.5 Å². The molecule has 0 bridgehead atoms. The number of methoxy groups -OCH3 is 1. The zero-order valence-electron chi connectivity index (χ0n) is 14.5. The van der Waals surface area contributed by atoms with Gasteiger partial charge in [-0.25, -0.2) is 4.39 Å². The minimum absolute atomic E-state index is 0.260. The molecule has 0 saturated heterocycles. The molecular weight excluding hydrogens is 297 g/mol. The van der Waals surface area contributed by atoms with Gasteiger partial charge in [-0.3, -0.25) is 4.99 Å². The van der Waals surface area contributed by atoms with Crippen LogP contribution in [0.2, 0.25) is 0 Å². The Labute approximate surface area is 138 Å². The van der Waals surface area contributed by atoms with Gasteiger partial charge in [0.25, 0.3) is 0 Å². The highest BCUT2D eigenvalue weighted by Crippen LogP contribution is 2.11. The highest BCUT2D eigenvalue weighted by molar-refractivity contribution is 5.79. The second kappa shape index (κ2) is 10.0. The predicted molar refractivity (Wildman–Crippen MR) is 91.6 cm³/mol. The number of rotatable bonds is 9. The lowest BCUT2D eigenvalue weighted by molar-refractivity contribution is 0.0310. The van der Waals surface area contributed by atoms with E-state index in [2.05, 4.69) is 15.6 Å². The Morgan fingerprint density at radius 3 is 2.52 bits per heavy atom. The lowest BCUT2D eigenvalue weighted by Crippen LogP contribution is -2.39. The topological polar surface area (TPSA) is 54.9 Å². The van der Waals surface area contributed by atoms with Crippen molar-refractivity contribution in [3.8, 4) is 5.75 Å². The maximum atomic E-state index is 12.8. The molecule has 0 amide bonds. The lowest BCUT2D eigenvalue weighted by atomic mass is 10.1. The summed E-state index contributed by atoms with van der Waals surface area (Å²) in [5, 5.41) is 6.45. The Balaban J connectivity index is 2.29. The number of nitrogens with zero attached hydrogens (tertiary/aromatic N) is 1. The van der Waals surface area contributed by atoms with E-state index in [9.17, 15) is 4.39 Å². The minimum atomic E-state index is -0.284. The van der Waals surface area contributed by atoms with Gasteiger partial charge in [0.1, 0.15) is 11.6 Å². The molecule has 5 nitrogen and oxygen atoms in total. The summed E-state index contributed by atoms with van der Waals surface area (Å²) >= 11 is 0. The largest absolute Gasteiger partial charge is 0.494 e. The van der Waals surface area contributed by atoms with Crippen LogP contribution in [0.15, 0.2) is 29.3 Å². The van der Waals surface area contributed by atoms with Gasteiger partial charge in [0.2, 0.25) is 0 Å². The van der Waals surface area contributed by atoms with Crippen LogP contribution < -0.4 is 15.4 Å². The van der Waals surface area contributed by atoms with Crippen molar-refractivity contribution in [2.75, 3.05) is 33.4 Å². The molecule has 1 aromatic carbocycles. The summed E-state index contributed by atoms with van der Waals surface area (Å²) in [5.74, 6) is 1.18. The summed E-state index contributed by atoms with van der Waals surface area (Å²) in [6.45, 7) is 8.68. The molecule has 0 unspecified atom stereocenters. The second-order valence-electron chi connectivity index (χ2n) is 5.74. The van der Waals surface area contributed by atoms with Crippen molar-refractivity contribution in [1.82, 2.24) is 10.6 Å². The molecule has 0 aliphatic heterocycles. The number of hydrogen-bond acceptors (Lipinski definition) is 3. The molecule has 0 radical (unpaired) electrons. The van der Waals surface area contributed by atoms with Crippen LogP contribution in [0.25, 0.3) is 0 Å². The number of halogens is 1. The van der Waals surface area contributed by atoms with Gasteiger partial charge in [0.05, 0.1) is 18.8 Å². The summed E-state index contributed by atoms with van der Waals surface area (Å²) in [4.78, 5) is 4.51. The Hall–Kier alpha value is -1.82. The fourth-order valence-corrected chi connectivity index (χ4v) is 1.68.